The van der Waals surface area contributed by atoms with Crippen molar-refractivity contribution in [2.24, 2.45) is 0 Å². The van der Waals surface area contributed by atoms with Gasteiger partial charge in [-0.3, -0.25) is 4.79 Å². The largest absolute Gasteiger partial charge is 0.504 e. The van der Waals surface area contributed by atoms with Gasteiger partial charge in [-0.1, -0.05) is 19.1 Å². The van der Waals surface area contributed by atoms with Crippen molar-refractivity contribution in [3.63, 3.8) is 0 Å². The van der Waals surface area contributed by atoms with E-state index in [1.807, 2.05) is 32.0 Å². The van der Waals surface area contributed by atoms with Gasteiger partial charge < -0.3 is 15.2 Å². The third kappa shape index (κ3) is 3.95. The van der Waals surface area contributed by atoms with Crippen molar-refractivity contribution in [1.82, 2.24) is 4.98 Å². The van der Waals surface area contributed by atoms with Gasteiger partial charge in [-0.2, -0.15) is 0 Å². The summed E-state index contributed by atoms with van der Waals surface area (Å²) in [6.07, 6.45) is 1.36. The van der Waals surface area contributed by atoms with E-state index in [9.17, 15) is 9.90 Å². The van der Waals surface area contributed by atoms with Crippen LogP contribution in [0.4, 0.5) is 5.82 Å². The Bertz CT molecular complexity index is 628. The Morgan fingerprint density at radius 3 is 2.86 bits per heavy atom. The Kier molecular flexibility index (Phi) is 4.77. The maximum Gasteiger partial charge on any atom is 0.266 e. The molecule has 0 spiro atoms. The molecule has 1 heterocycles. The summed E-state index contributed by atoms with van der Waals surface area (Å²) in [4.78, 5) is 16.1. The highest BCUT2D eigenvalue weighted by molar-refractivity contribution is 5.94. The van der Waals surface area contributed by atoms with E-state index in [1.54, 1.807) is 12.1 Å². The van der Waals surface area contributed by atoms with Crippen LogP contribution >= 0.6 is 0 Å². The first-order valence-electron chi connectivity index (χ1n) is 6.78. The molecule has 1 amide bonds. The van der Waals surface area contributed by atoms with Gasteiger partial charge in [-0.25, -0.2) is 4.98 Å². The van der Waals surface area contributed by atoms with Gasteiger partial charge in [-0.15, -0.1) is 0 Å². The number of anilines is 1. The number of carbonyl (C=O) groups excluding carboxylic acids is 1. The highest BCUT2D eigenvalue weighted by Gasteiger charge is 2.20. The number of nitrogens with zero attached hydrogens (tertiary/aromatic N) is 1. The van der Waals surface area contributed by atoms with E-state index in [2.05, 4.69) is 10.3 Å². The summed E-state index contributed by atoms with van der Waals surface area (Å²) in [6.45, 7) is 3.82. The lowest BCUT2D eigenvalue weighted by atomic mass is 10.2. The summed E-state index contributed by atoms with van der Waals surface area (Å²) in [5.41, 5.74) is 1.06. The molecule has 110 valence electrons. The van der Waals surface area contributed by atoms with E-state index in [0.717, 1.165) is 5.56 Å². The van der Waals surface area contributed by atoms with Crippen molar-refractivity contribution in [1.29, 1.82) is 0 Å². The Hall–Kier alpha value is -2.56. The van der Waals surface area contributed by atoms with Crippen molar-refractivity contribution >= 4 is 11.7 Å². The van der Waals surface area contributed by atoms with E-state index in [-0.39, 0.29) is 17.5 Å². The minimum Gasteiger partial charge on any atom is -0.504 e. The SMILES string of the molecule is CCC(Oc1cccc(C)c1)C(=O)Nc1ncccc1O. The van der Waals surface area contributed by atoms with Gasteiger partial charge in [-0.05, 0) is 43.2 Å². The summed E-state index contributed by atoms with van der Waals surface area (Å²) in [5, 5.41) is 12.2. The summed E-state index contributed by atoms with van der Waals surface area (Å²) >= 11 is 0. The van der Waals surface area contributed by atoms with Gasteiger partial charge in [0.1, 0.15) is 5.75 Å². The molecule has 0 aliphatic heterocycles. The first-order valence-corrected chi connectivity index (χ1v) is 6.78. The summed E-state index contributed by atoms with van der Waals surface area (Å²) < 4.78 is 5.70. The van der Waals surface area contributed by atoms with Crippen LogP contribution in [0.1, 0.15) is 18.9 Å². The number of ether oxygens (including phenoxy) is 1. The first-order chi connectivity index (χ1) is 10.1. The second-order valence-corrected chi connectivity index (χ2v) is 4.69. The molecule has 21 heavy (non-hydrogen) atoms. The maximum absolute atomic E-state index is 12.2. The molecule has 0 aliphatic carbocycles. The van der Waals surface area contributed by atoms with E-state index in [4.69, 9.17) is 4.74 Å². The first kappa shape index (κ1) is 14.8. The van der Waals surface area contributed by atoms with Crippen LogP contribution in [0.15, 0.2) is 42.6 Å². The number of hydrogen-bond donors (Lipinski definition) is 2. The molecule has 0 fully saturated rings. The zero-order valence-corrected chi connectivity index (χ0v) is 12.0. The van der Waals surface area contributed by atoms with Crippen LogP contribution in [0.2, 0.25) is 0 Å². The quantitative estimate of drug-likeness (QED) is 0.886. The van der Waals surface area contributed by atoms with Crippen molar-refractivity contribution in [3.8, 4) is 11.5 Å². The summed E-state index contributed by atoms with van der Waals surface area (Å²) in [5.74, 6) is 0.361. The lowest BCUT2D eigenvalue weighted by Gasteiger charge is -2.17. The standard InChI is InChI=1S/C16H18N2O3/c1-3-14(21-12-7-4-6-11(2)10-12)16(20)18-15-13(19)8-5-9-17-15/h4-10,14,19H,3H2,1-2H3,(H,17,18,20). The number of rotatable bonds is 5. The molecule has 2 rings (SSSR count). The van der Waals surface area contributed by atoms with Crippen molar-refractivity contribution in [2.45, 2.75) is 26.4 Å². The number of aromatic nitrogens is 1. The number of amides is 1. The van der Waals surface area contributed by atoms with Crippen LogP contribution < -0.4 is 10.1 Å². The Morgan fingerprint density at radius 2 is 2.19 bits per heavy atom. The fourth-order valence-electron chi connectivity index (χ4n) is 1.87. The number of pyridine rings is 1. The van der Waals surface area contributed by atoms with E-state index < -0.39 is 6.10 Å². The molecule has 5 heteroatoms. The highest BCUT2D eigenvalue weighted by Crippen LogP contribution is 2.20. The second kappa shape index (κ2) is 6.74. The van der Waals surface area contributed by atoms with E-state index >= 15 is 0 Å². The minimum absolute atomic E-state index is 0.0729. The van der Waals surface area contributed by atoms with Gasteiger partial charge >= 0.3 is 0 Å². The minimum atomic E-state index is -0.645. The lowest BCUT2D eigenvalue weighted by molar-refractivity contribution is -0.122. The zero-order valence-electron chi connectivity index (χ0n) is 12.0. The van der Waals surface area contributed by atoms with Crippen LogP contribution in [0.5, 0.6) is 11.5 Å². The molecule has 0 saturated heterocycles. The number of hydrogen-bond acceptors (Lipinski definition) is 4. The average Bonchev–Trinajstić information content (AvgIpc) is 2.47. The molecule has 1 atom stereocenters. The Labute approximate surface area is 123 Å². The van der Waals surface area contributed by atoms with Crippen LogP contribution in [0, 0.1) is 6.92 Å². The predicted octanol–water partition coefficient (Wildman–Crippen LogP) is 2.89. The normalized spacial score (nSPS) is 11.7. The molecule has 0 radical (unpaired) electrons. The molecular formula is C16H18N2O3. The number of nitrogens with one attached hydrogen (secondary N) is 1. The molecule has 2 N–H and O–H groups in total. The number of aryl methyl sites for hydroxylation is 1. The molecule has 0 aliphatic rings. The number of aromatic hydroxyl groups is 1. The molecule has 0 bridgehead atoms. The van der Waals surface area contributed by atoms with Gasteiger partial charge in [0.2, 0.25) is 0 Å². The molecule has 2 aromatic rings. The average molecular weight is 286 g/mol. The third-order valence-electron chi connectivity index (χ3n) is 2.96. The zero-order chi connectivity index (χ0) is 15.2. The van der Waals surface area contributed by atoms with Gasteiger partial charge in [0.05, 0.1) is 0 Å². The van der Waals surface area contributed by atoms with Gasteiger partial charge in [0, 0.05) is 6.20 Å². The van der Waals surface area contributed by atoms with E-state index in [1.165, 1.54) is 12.3 Å². The fraction of sp³-hybridized carbons (Fsp3) is 0.250. The second-order valence-electron chi connectivity index (χ2n) is 4.69. The van der Waals surface area contributed by atoms with Crippen LogP contribution in [0.3, 0.4) is 0 Å². The molecular weight excluding hydrogens is 268 g/mol. The van der Waals surface area contributed by atoms with Crippen LogP contribution in [-0.2, 0) is 4.79 Å². The van der Waals surface area contributed by atoms with Crippen LogP contribution in [0.25, 0.3) is 0 Å². The van der Waals surface area contributed by atoms with Gasteiger partial charge in [0.25, 0.3) is 5.91 Å². The van der Waals surface area contributed by atoms with Gasteiger partial charge in [0.15, 0.2) is 17.7 Å². The Morgan fingerprint density at radius 1 is 1.38 bits per heavy atom. The van der Waals surface area contributed by atoms with Crippen molar-refractivity contribution < 1.29 is 14.6 Å². The number of benzene rings is 1. The highest BCUT2D eigenvalue weighted by atomic mass is 16.5. The smallest absolute Gasteiger partial charge is 0.266 e. The molecule has 1 unspecified atom stereocenters. The fourth-order valence-corrected chi connectivity index (χ4v) is 1.87. The predicted molar refractivity (Wildman–Crippen MR) is 80.4 cm³/mol. The molecule has 1 aromatic heterocycles. The molecule has 0 saturated carbocycles. The van der Waals surface area contributed by atoms with Crippen LogP contribution in [-0.4, -0.2) is 22.1 Å². The molecule has 1 aromatic carbocycles. The topological polar surface area (TPSA) is 71.5 Å². The number of carbonyl (C=O) groups is 1. The monoisotopic (exact) mass is 286 g/mol. The maximum atomic E-state index is 12.2. The summed E-state index contributed by atoms with van der Waals surface area (Å²) in [7, 11) is 0. The van der Waals surface area contributed by atoms with Crippen molar-refractivity contribution in [3.05, 3.63) is 48.2 Å². The Balaban J connectivity index is 2.07. The third-order valence-corrected chi connectivity index (χ3v) is 2.96. The lowest BCUT2D eigenvalue weighted by Crippen LogP contribution is -2.32. The van der Waals surface area contributed by atoms with Crippen molar-refractivity contribution in [2.75, 3.05) is 5.32 Å². The summed E-state index contributed by atoms with van der Waals surface area (Å²) in [6, 6.07) is 10.6. The van der Waals surface area contributed by atoms with E-state index in [0.29, 0.717) is 12.2 Å². The molecule has 5 nitrogen and oxygen atoms in total.